The van der Waals surface area contributed by atoms with Gasteiger partial charge in [0.2, 0.25) is 5.91 Å². The van der Waals surface area contributed by atoms with Crippen molar-refractivity contribution < 1.29 is 23.1 Å². The second-order valence-electron chi connectivity index (χ2n) is 6.36. The second-order valence-corrected chi connectivity index (χ2v) is 7.27. The molecule has 0 unspecified atom stereocenters. The van der Waals surface area contributed by atoms with Gasteiger partial charge in [-0.15, -0.1) is 0 Å². The third-order valence-electron chi connectivity index (χ3n) is 4.47. The number of halogens is 3. The molecule has 1 heterocycles. The van der Waals surface area contributed by atoms with E-state index >= 15 is 0 Å². The Kier molecular flexibility index (Phi) is 6.61. The molecule has 2 aromatic rings. The molecule has 1 aliphatic rings. The standard InChI is InChI=1S/C20H19BrF2N2O3/c21-15-2-1-3-16(13-15)28-11-6-19(26)24-7-9-25(10-8-24)20(27)14-4-5-17(22)18(23)12-14/h1-5,12-13H,6-11H2. The smallest absolute Gasteiger partial charge is 0.254 e. The van der Waals surface area contributed by atoms with Gasteiger partial charge in [-0.3, -0.25) is 9.59 Å². The highest BCUT2D eigenvalue weighted by molar-refractivity contribution is 9.10. The van der Waals surface area contributed by atoms with E-state index in [1.165, 1.54) is 11.0 Å². The van der Waals surface area contributed by atoms with Crippen LogP contribution >= 0.6 is 15.9 Å². The number of hydrogen-bond acceptors (Lipinski definition) is 3. The van der Waals surface area contributed by atoms with E-state index in [9.17, 15) is 18.4 Å². The Bertz CT molecular complexity index is 870. The number of carbonyl (C=O) groups is 2. The Morgan fingerprint density at radius 2 is 1.68 bits per heavy atom. The van der Waals surface area contributed by atoms with Crippen LogP contribution in [0.1, 0.15) is 16.8 Å². The fourth-order valence-electron chi connectivity index (χ4n) is 2.94. The molecular formula is C20H19BrF2N2O3. The van der Waals surface area contributed by atoms with Crippen LogP contribution in [0.5, 0.6) is 5.75 Å². The molecule has 28 heavy (non-hydrogen) atoms. The van der Waals surface area contributed by atoms with Crippen LogP contribution in [0, 0.1) is 11.6 Å². The number of nitrogens with zero attached hydrogens (tertiary/aromatic N) is 2. The highest BCUT2D eigenvalue weighted by Crippen LogP contribution is 2.18. The third kappa shape index (κ3) is 5.07. The molecule has 148 valence electrons. The van der Waals surface area contributed by atoms with Crippen molar-refractivity contribution in [1.82, 2.24) is 9.80 Å². The molecule has 0 saturated carbocycles. The lowest BCUT2D eigenvalue weighted by molar-refractivity contribution is -0.133. The highest BCUT2D eigenvalue weighted by Gasteiger charge is 2.25. The SMILES string of the molecule is O=C(CCOc1cccc(Br)c1)N1CCN(C(=O)c2ccc(F)c(F)c2)CC1. The van der Waals surface area contributed by atoms with Crippen LogP contribution in [0.3, 0.4) is 0 Å². The third-order valence-corrected chi connectivity index (χ3v) is 4.96. The first kappa shape index (κ1) is 20.3. The van der Waals surface area contributed by atoms with Gasteiger partial charge in [0.1, 0.15) is 5.75 Å². The van der Waals surface area contributed by atoms with Crippen LogP contribution in [-0.2, 0) is 4.79 Å². The van der Waals surface area contributed by atoms with Crippen molar-refractivity contribution in [2.75, 3.05) is 32.8 Å². The van der Waals surface area contributed by atoms with E-state index < -0.39 is 11.6 Å². The van der Waals surface area contributed by atoms with Crippen LogP contribution in [-0.4, -0.2) is 54.4 Å². The molecule has 0 aliphatic carbocycles. The average Bonchev–Trinajstić information content (AvgIpc) is 2.69. The number of ether oxygens (including phenoxy) is 1. The van der Waals surface area contributed by atoms with Crippen molar-refractivity contribution in [3.8, 4) is 5.75 Å². The molecule has 0 aromatic heterocycles. The zero-order chi connectivity index (χ0) is 20.1. The van der Waals surface area contributed by atoms with Gasteiger partial charge >= 0.3 is 0 Å². The summed E-state index contributed by atoms with van der Waals surface area (Å²) in [6, 6.07) is 10.5. The first-order valence-corrected chi connectivity index (χ1v) is 9.64. The lowest BCUT2D eigenvalue weighted by Gasteiger charge is -2.34. The Hall–Kier alpha value is -2.48. The van der Waals surface area contributed by atoms with Gasteiger partial charge in [0.05, 0.1) is 13.0 Å². The van der Waals surface area contributed by atoms with Crippen LogP contribution in [0.2, 0.25) is 0 Å². The van der Waals surface area contributed by atoms with Gasteiger partial charge < -0.3 is 14.5 Å². The van der Waals surface area contributed by atoms with Gasteiger partial charge in [-0.1, -0.05) is 22.0 Å². The van der Waals surface area contributed by atoms with E-state index in [2.05, 4.69) is 15.9 Å². The fraction of sp³-hybridized carbons (Fsp3) is 0.300. The Morgan fingerprint density at radius 3 is 2.36 bits per heavy atom. The molecule has 0 bridgehead atoms. The molecule has 5 nitrogen and oxygen atoms in total. The molecule has 1 saturated heterocycles. The average molecular weight is 453 g/mol. The summed E-state index contributed by atoms with van der Waals surface area (Å²) in [5, 5.41) is 0. The maximum atomic E-state index is 13.3. The molecular weight excluding hydrogens is 434 g/mol. The molecule has 0 spiro atoms. The number of rotatable bonds is 5. The van der Waals surface area contributed by atoms with Gasteiger partial charge in [-0.05, 0) is 36.4 Å². The quantitative estimate of drug-likeness (QED) is 0.697. The summed E-state index contributed by atoms with van der Waals surface area (Å²) >= 11 is 3.36. The van der Waals surface area contributed by atoms with Gasteiger partial charge in [0.25, 0.3) is 5.91 Å². The molecule has 0 N–H and O–H groups in total. The van der Waals surface area contributed by atoms with Gasteiger partial charge in [-0.2, -0.15) is 0 Å². The molecule has 1 aliphatic heterocycles. The van der Waals surface area contributed by atoms with Crippen LogP contribution in [0.4, 0.5) is 8.78 Å². The monoisotopic (exact) mass is 452 g/mol. The predicted octanol–water partition coefficient (Wildman–Crippen LogP) is 3.48. The summed E-state index contributed by atoms with van der Waals surface area (Å²) < 4.78 is 32.8. The molecule has 0 radical (unpaired) electrons. The van der Waals surface area contributed by atoms with Gasteiger partial charge in [0, 0.05) is 36.2 Å². The predicted molar refractivity (Wildman–Crippen MR) is 103 cm³/mol. The van der Waals surface area contributed by atoms with Crippen molar-refractivity contribution in [2.45, 2.75) is 6.42 Å². The lowest BCUT2D eigenvalue weighted by atomic mass is 10.1. The summed E-state index contributed by atoms with van der Waals surface area (Å²) in [7, 11) is 0. The second kappa shape index (κ2) is 9.14. The Morgan fingerprint density at radius 1 is 0.964 bits per heavy atom. The lowest BCUT2D eigenvalue weighted by Crippen LogP contribution is -2.50. The van der Waals surface area contributed by atoms with Crippen molar-refractivity contribution in [1.29, 1.82) is 0 Å². The minimum Gasteiger partial charge on any atom is -0.493 e. The minimum absolute atomic E-state index is 0.0464. The highest BCUT2D eigenvalue weighted by atomic mass is 79.9. The number of amides is 2. The normalized spacial score (nSPS) is 14.1. The fourth-order valence-corrected chi connectivity index (χ4v) is 3.32. The van der Waals surface area contributed by atoms with Crippen molar-refractivity contribution in [2.24, 2.45) is 0 Å². The first-order valence-electron chi connectivity index (χ1n) is 8.84. The first-order chi connectivity index (χ1) is 13.4. The van der Waals surface area contributed by atoms with E-state index in [-0.39, 0.29) is 30.4 Å². The summed E-state index contributed by atoms with van der Waals surface area (Å²) in [6.07, 6.45) is 0.240. The number of benzene rings is 2. The largest absolute Gasteiger partial charge is 0.493 e. The van der Waals surface area contributed by atoms with Crippen molar-refractivity contribution in [3.05, 3.63) is 64.1 Å². The summed E-state index contributed by atoms with van der Waals surface area (Å²) in [5.74, 6) is -1.77. The summed E-state index contributed by atoms with van der Waals surface area (Å²) in [4.78, 5) is 27.9. The van der Waals surface area contributed by atoms with E-state index in [0.29, 0.717) is 31.9 Å². The molecule has 1 fully saturated rings. The zero-order valence-corrected chi connectivity index (χ0v) is 16.6. The zero-order valence-electron chi connectivity index (χ0n) is 15.0. The molecule has 2 amide bonds. The number of hydrogen-bond donors (Lipinski definition) is 0. The van der Waals surface area contributed by atoms with Crippen LogP contribution in [0.15, 0.2) is 46.9 Å². The van der Waals surface area contributed by atoms with Gasteiger partial charge in [-0.25, -0.2) is 8.78 Å². The van der Waals surface area contributed by atoms with E-state index in [4.69, 9.17) is 4.74 Å². The van der Waals surface area contributed by atoms with E-state index in [1.54, 1.807) is 4.90 Å². The van der Waals surface area contributed by atoms with Crippen LogP contribution in [0.25, 0.3) is 0 Å². The van der Waals surface area contributed by atoms with Crippen molar-refractivity contribution in [3.63, 3.8) is 0 Å². The van der Waals surface area contributed by atoms with Gasteiger partial charge in [0.15, 0.2) is 11.6 Å². The van der Waals surface area contributed by atoms with Crippen molar-refractivity contribution >= 4 is 27.7 Å². The molecule has 3 rings (SSSR count). The summed E-state index contributed by atoms with van der Waals surface area (Å²) in [5.41, 5.74) is 0.0982. The van der Waals surface area contributed by atoms with Crippen LogP contribution < -0.4 is 4.74 Å². The Balaban J connectivity index is 1.45. The topological polar surface area (TPSA) is 49.9 Å². The number of carbonyl (C=O) groups excluding carboxylic acids is 2. The Labute approximate surface area is 170 Å². The van der Waals surface area contributed by atoms with E-state index in [0.717, 1.165) is 16.6 Å². The minimum atomic E-state index is -1.05. The molecule has 2 aromatic carbocycles. The molecule has 8 heteroatoms. The maximum absolute atomic E-state index is 13.3. The number of piperazine rings is 1. The van der Waals surface area contributed by atoms with E-state index in [1.807, 2.05) is 24.3 Å². The maximum Gasteiger partial charge on any atom is 0.254 e. The summed E-state index contributed by atoms with van der Waals surface area (Å²) in [6.45, 7) is 1.74. The molecule has 0 atom stereocenters.